The Bertz CT molecular complexity index is 3260. The Labute approximate surface area is 544 Å². The zero-order valence-corrected chi connectivity index (χ0v) is 52.8. The molecule has 16 nitrogen and oxygen atoms in total. The molecule has 4 aliphatic rings. The van der Waals surface area contributed by atoms with Gasteiger partial charge in [-0.3, -0.25) is 39.1 Å². The third-order valence-electron chi connectivity index (χ3n) is 15.6. The number of carbonyl (C=O) groups excluding carboxylic acids is 5. The number of benzene rings is 4. The first-order valence-electron chi connectivity index (χ1n) is 28.4. The van der Waals surface area contributed by atoms with Gasteiger partial charge in [0.05, 0.1) is 0 Å². The molecule has 0 aliphatic carbocycles. The monoisotopic (exact) mass is 1290 g/mol. The topological polar surface area (TPSA) is 192 Å². The maximum Gasteiger partial charge on any atom is 1.00 e. The van der Waals surface area contributed by atoms with E-state index in [0.29, 0.717) is 36.0 Å². The van der Waals surface area contributed by atoms with Crippen LogP contribution in [0.5, 0.6) is 0 Å². The second kappa shape index (κ2) is 33.0. The van der Waals surface area contributed by atoms with Crippen LogP contribution in [0.2, 0.25) is 0 Å². The van der Waals surface area contributed by atoms with Gasteiger partial charge in [-0.1, -0.05) is 97.1 Å². The number of aliphatic hydroxyl groups is 2. The van der Waals surface area contributed by atoms with Gasteiger partial charge in [0.15, 0.2) is 11.2 Å². The molecule has 4 aromatic carbocycles. The van der Waals surface area contributed by atoms with Gasteiger partial charge in [-0.25, -0.2) is 19.4 Å². The quantitative estimate of drug-likeness (QED) is 0.0420. The number of piperazine rings is 2. The van der Waals surface area contributed by atoms with Gasteiger partial charge in [0.2, 0.25) is 5.97 Å². The molecule has 0 spiro atoms. The fourth-order valence-corrected chi connectivity index (χ4v) is 10.7. The molecular weight excluding hydrogens is 1220 g/mol. The Kier molecular flexibility index (Phi) is 27.1. The molecule has 4 bridgehead atoms. The number of alkyl halides is 9. The van der Waals surface area contributed by atoms with Crippen molar-refractivity contribution in [1.29, 1.82) is 0 Å². The molecule has 4 fully saturated rings. The molecule has 6 atom stereocenters. The number of fused-ring (bicyclic) bond motifs is 4. The minimum atomic E-state index is -4.77. The Hall–Kier alpha value is -7.04. The van der Waals surface area contributed by atoms with Gasteiger partial charge >= 0.3 is 65.9 Å². The smallest absolute Gasteiger partial charge is 0.793 e. The number of pyridine rings is 2. The molecule has 4 aliphatic heterocycles. The minimum absolute atomic E-state index is 0. The number of halogens is 9. The molecule has 6 aromatic rings. The number of amides is 1. The summed E-state index contributed by atoms with van der Waals surface area (Å²) in [6.07, 6.45) is -2.21. The molecule has 2 N–H and O–H groups in total. The largest absolute Gasteiger partial charge is 1.00 e. The SMILES string of the molecule is CC(=O)OOC(C)=O.CC(O)(c1ccc(-c2ccc(C=O)cc2)cc1)C(F)(F)F.CC(O)(c1ccc(-c2ccc(CN3CC4CCC(C3)N4Cc3ccncc3)cc2)cc1)C(F)(F)F.O=C(N1CC2CCC(C1)N2Cc1ccncc1)C(F)(F)F.[B-]OC(C)=O.[Na+]. The van der Waals surface area contributed by atoms with Crippen LogP contribution in [0.1, 0.15) is 98.5 Å². The van der Waals surface area contributed by atoms with E-state index in [1.165, 1.54) is 67.3 Å². The van der Waals surface area contributed by atoms with Crippen LogP contribution in [0, 0.1) is 0 Å². The summed E-state index contributed by atoms with van der Waals surface area (Å²) in [5, 5.41) is 19.5. The summed E-state index contributed by atoms with van der Waals surface area (Å²) in [6, 6.07) is 35.5. The van der Waals surface area contributed by atoms with Crippen LogP contribution in [0.3, 0.4) is 0 Å². The van der Waals surface area contributed by atoms with Gasteiger partial charge in [-0.2, -0.15) is 39.5 Å². The van der Waals surface area contributed by atoms with Crippen molar-refractivity contribution >= 4 is 38.2 Å². The molecule has 4 saturated heterocycles. The molecule has 91 heavy (non-hydrogen) atoms. The molecule has 6 heterocycles. The van der Waals surface area contributed by atoms with E-state index in [9.17, 15) is 73.7 Å². The number of aldehydes is 1. The maximum atomic E-state index is 13.1. The van der Waals surface area contributed by atoms with Gasteiger partial charge in [0.25, 0.3) is 0 Å². The van der Waals surface area contributed by atoms with Crippen LogP contribution in [-0.4, -0.2) is 147 Å². The van der Waals surface area contributed by atoms with Crippen LogP contribution in [-0.2, 0) is 64.4 Å². The Morgan fingerprint density at radius 3 is 1.11 bits per heavy atom. The predicted molar refractivity (Wildman–Crippen MR) is 313 cm³/mol. The average molecular weight is 1290 g/mol. The summed E-state index contributed by atoms with van der Waals surface area (Å²) in [7, 11) is 4.32. The Morgan fingerprint density at radius 2 is 0.813 bits per heavy atom. The van der Waals surface area contributed by atoms with E-state index in [0.717, 1.165) is 93.9 Å². The van der Waals surface area contributed by atoms with Crippen molar-refractivity contribution < 1.29 is 118 Å². The van der Waals surface area contributed by atoms with Crippen molar-refractivity contribution in [2.24, 2.45) is 0 Å². The molecule has 27 heteroatoms. The fourth-order valence-electron chi connectivity index (χ4n) is 10.7. The van der Waals surface area contributed by atoms with Gasteiger partial charge < -0.3 is 27.8 Å². The van der Waals surface area contributed by atoms with Crippen LogP contribution in [0.4, 0.5) is 39.5 Å². The number of hydrogen-bond donors (Lipinski definition) is 2. The van der Waals surface area contributed by atoms with Crippen molar-refractivity contribution in [3.63, 3.8) is 0 Å². The zero-order chi connectivity index (χ0) is 66.2. The van der Waals surface area contributed by atoms with E-state index < -0.39 is 53.5 Å². The van der Waals surface area contributed by atoms with E-state index in [4.69, 9.17) is 0 Å². The van der Waals surface area contributed by atoms with Crippen LogP contribution < -0.4 is 29.6 Å². The molecule has 0 saturated carbocycles. The molecule has 6 unspecified atom stereocenters. The first-order chi connectivity index (χ1) is 42.3. The third kappa shape index (κ3) is 21.3. The zero-order valence-electron chi connectivity index (χ0n) is 50.8. The van der Waals surface area contributed by atoms with Crippen molar-refractivity contribution in [2.45, 2.75) is 134 Å². The number of hydrogen-bond acceptors (Lipinski definition) is 15. The normalized spacial score (nSPS) is 19.2. The van der Waals surface area contributed by atoms with Gasteiger partial charge in [0.1, 0.15) is 6.29 Å². The summed E-state index contributed by atoms with van der Waals surface area (Å²) < 4.78 is 119. The third-order valence-corrected chi connectivity index (χ3v) is 15.6. The number of carbonyl (C=O) groups is 5. The van der Waals surface area contributed by atoms with Crippen molar-refractivity contribution in [1.82, 2.24) is 29.6 Å². The van der Waals surface area contributed by atoms with Crippen molar-refractivity contribution in [3.8, 4) is 22.3 Å². The first-order valence-corrected chi connectivity index (χ1v) is 28.4. The molecule has 481 valence electrons. The number of aromatic nitrogens is 2. The van der Waals surface area contributed by atoms with E-state index >= 15 is 0 Å². The van der Waals surface area contributed by atoms with Gasteiger partial charge in [0, 0.05) is 121 Å². The summed E-state index contributed by atoms with van der Waals surface area (Å²) in [6.45, 7) is 10.1. The number of nitrogens with zero attached hydrogens (tertiary/aromatic N) is 6. The van der Waals surface area contributed by atoms with Gasteiger partial charge in [-0.15, -0.1) is 0 Å². The number of rotatable bonds is 11. The first kappa shape index (κ1) is 74.7. The number of likely N-dealkylation sites (tertiary alicyclic amines) is 2. The standard InChI is InChI=1S/C28H30F3N3O.C16H13F3O2.C14H16F3N3O.C4H6O4.C2H3BO2.Na/c1-27(35,28(29,30)31)24-8-6-23(7-9-24)22-4-2-20(3-5-22)16-33-18-25-10-11-26(19-33)34(25)17-21-12-14-32-15-13-21;1-15(21,16(17,18)19)14-8-6-13(7-9-14)12-4-2-11(10-20)3-5-12;15-14(16,17)13(21)19-8-11-1-2-12(9-19)20(11)7-10-3-5-18-6-4-10;1-3(5)7-8-4(2)6;1-2(4)5-3;/h2-9,12-15,25-26,35H,10-11,16-19H2,1H3;2-10,21H,1H3;3-6,11-12H,1-2,7-9H2;1-2H3;1H3;/q;;;;-1;+1. The summed E-state index contributed by atoms with van der Waals surface area (Å²) >= 11 is 0. The fraction of sp³-hybridized carbons (Fsp3) is 0.391. The summed E-state index contributed by atoms with van der Waals surface area (Å²) in [5.74, 6) is -3.45. The van der Waals surface area contributed by atoms with Crippen molar-refractivity contribution in [2.75, 3.05) is 26.2 Å². The molecule has 10 rings (SSSR count). The van der Waals surface area contributed by atoms with Crippen LogP contribution >= 0.6 is 0 Å². The van der Waals surface area contributed by atoms with E-state index in [1.807, 2.05) is 36.7 Å². The predicted octanol–water partition coefficient (Wildman–Crippen LogP) is 7.79. The molecule has 1 amide bonds. The maximum absolute atomic E-state index is 13.1. The summed E-state index contributed by atoms with van der Waals surface area (Å²) in [4.78, 5) is 75.2. The average Bonchev–Trinajstić information content (AvgIpc) is 1.90. The van der Waals surface area contributed by atoms with E-state index in [2.05, 4.69) is 71.4 Å². The van der Waals surface area contributed by atoms with Crippen LogP contribution in [0.25, 0.3) is 22.3 Å². The van der Waals surface area contributed by atoms with Crippen LogP contribution in [0.15, 0.2) is 146 Å². The Morgan fingerprint density at radius 1 is 0.505 bits per heavy atom. The molecule has 3 radical (unpaired) electrons. The second-order valence-electron chi connectivity index (χ2n) is 22.2. The van der Waals surface area contributed by atoms with E-state index in [-0.39, 0.29) is 65.9 Å². The summed E-state index contributed by atoms with van der Waals surface area (Å²) in [5.41, 5.74) is 1.27. The second-order valence-corrected chi connectivity index (χ2v) is 22.2. The van der Waals surface area contributed by atoms with E-state index in [1.54, 1.807) is 48.8 Å². The minimum Gasteiger partial charge on any atom is -0.793 e. The molecular formula is C64H68BF9N6NaO10. The Balaban J connectivity index is 0.000000233. The van der Waals surface area contributed by atoms with Gasteiger partial charge in [-0.05, 0) is 114 Å². The molecule has 2 aromatic heterocycles. The van der Waals surface area contributed by atoms with Crippen molar-refractivity contribution in [3.05, 3.63) is 179 Å².